The Kier molecular flexibility index (Phi) is 4.87. The average Bonchev–Trinajstić information content (AvgIpc) is 2.37. The molecule has 7 heteroatoms. The minimum Gasteiger partial charge on any atom is -0.493 e. The number of nitro groups is 1. The summed E-state index contributed by atoms with van der Waals surface area (Å²) in [4.78, 5) is 10.3. The van der Waals surface area contributed by atoms with Gasteiger partial charge in [0.25, 0.3) is 5.69 Å². The molecule has 0 bridgehead atoms. The Balaban J connectivity index is 3.33. The fraction of sp³-hybridized carbons (Fsp3) is 0.455. The lowest BCUT2D eigenvalue weighted by atomic mass is 10.0. The normalized spacial score (nSPS) is 12.0. The summed E-state index contributed by atoms with van der Waals surface area (Å²) >= 11 is 0. The molecule has 0 amide bonds. The Morgan fingerprint density at radius 3 is 2.33 bits per heavy atom. The predicted octanol–water partition coefficient (Wildman–Crippen LogP) is 1.03. The summed E-state index contributed by atoms with van der Waals surface area (Å²) < 4.78 is 9.98. The van der Waals surface area contributed by atoms with Crippen molar-refractivity contribution in [1.29, 1.82) is 0 Å². The van der Waals surface area contributed by atoms with Gasteiger partial charge >= 0.3 is 0 Å². The van der Waals surface area contributed by atoms with Crippen LogP contribution in [0.5, 0.6) is 11.5 Å². The molecule has 0 aliphatic rings. The van der Waals surface area contributed by atoms with Gasteiger partial charge in [-0.25, -0.2) is 0 Å². The molecule has 18 heavy (non-hydrogen) atoms. The Morgan fingerprint density at radius 1 is 1.33 bits per heavy atom. The number of hydrogen-bond donors (Lipinski definition) is 2. The summed E-state index contributed by atoms with van der Waals surface area (Å²) in [5.74, 6) is 0.499. The maximum absolute atomic E-state index is 10.9. The minimum atomic E-state index is -1.13. The summed E-state index contributed by atoms with van der Waals surface area (Å²) in [6.07, 6.45) is -1.12. The van der Waals surface area contributed by atoms with Gasteiger partial charge in [-0.1, -0.05) is 0 Å². The lowest BCUT2D eigenvalue weighted by Gasteiger charge is -2.13. The maximum atomic E-state index is 10.9. The van der Waals surface area contributed by atoms with Gasteiger partial charge in [-0.3, -0.25) is 10.1 Å². The van der Waals surface area contributed by atoms with Crippen LogP contribution in [0.4, 0.5) is 5.69 Å². The van der Waals surface area contributed by atoms with Gasteiger partial charge in [0.15, 0.2) is 11.5 Å². The quantitative estimate of drug-likeness (QED) is 0.583. The van der Waals surface area contributed by atoms with E-state index < -0.39 is 11.0 Å². The van der Waals surface area contributed by atoms with E-state index in [1.54, 1.807) is 0 Å². The average molecular weight is 257 g/mol. The molecule has 0 aliphatic heterocycles. The fourth-order valence-corrected chi connectivity index (χ4v) is 1.59. The topological polar surface area (TPSA) is 102 Å². The van der Waals surface area contributed by atoms with E-state index in [1.165, 1.54) is 26.4 Å². The highest BCUT2D eigenvalue weighted by molar-refractivity contribution is 5.55. The molecule has 0 aromatic heterocycles. The smallest absolute Gasteiger partial charge is 0.279 e. The number of aliphatic hydroxyl groups is 2. The minimum absolute atomic E-state index is 0.0102. The number of hydrogen-bond acceptors (Lipinski definition) is 6. The van der Waals surface area contributed by atoms with Crippen LogP contribution in [0.15, 0.2) is 12.1 Å². The summed E-state index contributed by atoms with van der Waals surface area (Å²) in [5, 5.41) is 29.5. The van der Waals surface area contributed by atoms with Crippen molar-refractivity contribution in [3.05, 3.63) is 27.8 Å². The Bertz CT molecular complexity index is 434. The predicted molar refractivity (Wildman–Crippen MR) is 62.9 cm³/mol. The van der Waals surface area contributed by atoms with E-state index in [-0.39, 0.29) is 35.8 Å². The Morgan fingerprint density at radius 2 is 1.89 bits per heavy atom. The molecule has 100 valence electrons. The van der Waals surface area contributed by atoms with E-state index in [2.05, 4.69) is 0 Å². The van der Waals surface area contributed by atoms with E-state index in [0.717, 1.165) is 0 Å². The van der Waals surface area contributed by atoms with E-state index in [1.807, 2.05) is 0 Å². The second-order valence-corrected chi connectivity index (χ2v) is 3.55. The first-order valence-electron chi connectivity index (χ1n) is 5.24. The third kappa shape index (κ3) is 2.88. The zero-order valence-electron chi connectivity index (χ0n) is 10.1. The summed E-state index contributed by atoms with van der Waals surface area (Å²) in [5.41, 5.74) is -0.180. The molecule has 0 heterocycles. The van der Waals surface area contributed by atoms with Gasteiger partial charge in [0.05, 0.1) is 36.9 Å². The molecule has 0 aliphatic carbocycles. The van der Waals surface area contributed by atoms with Crippen LogP contribution in [0, 0.1) is 10.1 Å². The summed E-state index contributed by atoms with van der Waals surface area (Å²) in [6, 6.07) is 2.53. The van der Waals surface area contributed by atoms with Crippen molar-refractivity contribution in [3.63, 3.8) is 0 Å². The van der Waals surface area contributed by atoms with Crippen molar-refractivity contribution in [1.82, 2.24) is 0 Å². The van der Waals surface area contributed by atoms with Gasteiger partial charge in [0.1, 0.15) is 0 Å². The highest BCUT2D eigenvalue weighted by Crippen LogP contribution is 2.37. The van der Waals surface area contributed by atoms with Crippen molar-refractivity contribution in [2.45, 2.75) is 12.5 Å². The van der Waals surface area contributed by atoms with Gasteiger partial charge in [-0.15, -0.1) is 0 Å². The molecule has 1 atom stereocenters. The van der Waals surface area contributed by atoms with Crippen LogP contribution in [0.2, 0.25) is 0 Å². The highest BCUT2D eigenvalue weighted by Gasteiger charge is 2.24. The SMILES string of the molecule is COc1cc([C@@H](O)CCO)c([N+](=O)[O-])cc1OC. The number of rotatable bonds is 6. The van der Waals surface area contributed by atoms with Crippen molar-refractivity contribution >= 4 is 5.69 Å². The lowest BCUT2D eigenvalue weighted by molar-refractivity contribution is -0.386. The molecule has 0 radical (unpaired) electrons. The third-order valence-corrected chi connectivity index (χ3v) is 2.49. The molecular weight excluding hydrogens is 242 g/mol. The zero-order chi connectivity index (χ0) is 13.7. The first-order valence-corrected chi connectivity index (χ1v) is 5.24. The largest absolute Gasteiger partial charge is 0.493 e. The van der Waals surface area contributed by atoms with Crippen LogP contribution in [0.25, 0.3) is 0 Å². The molecule has 0 fully saturated rings. The van der Waals surface area contributed by atoms with Crippen molar-refractivity contribution in [3.8, 4) is 11.5 Å². The number of aliphatic hydroxyl groups excluding tert-OH is 2. The second kappa shape index (κ2) is 6.18. The number of ether oxygens (including phenoxy) is 2. The van der Waals surface area contributed by atoms with Gasteiger partial charge < -0.3 is 19.7 Å². The van der Waals surface area contributed by atoms with Crippen LogP contribution >= 0.6 is 0 Å². The van der Waals surface area contributed by atoms with Crippen molar-refractivity contribution in [2.75, 3.05) is 20.8 Å². The Hall–Kier alpha value is -1.86. The molecule has 1 rings (SSSR count). The maximum Gasteiger partial charge on any atom is 0.279 e. The first kappa shape index (κ1) is 14.2. The number of nitrogens with zero attached hydrogens (tertiary/aromatic N) is 1. The monoisotopic (exact) mass is 257 g/mol. The zero-order valence-corrected chi connectivity index (χ0v) is 10.1. The molecule has 1 aromatic carbocycles. The molecule has 0 unspecified atom stereocenters. The highest BCUT2D eigenvalue weighted by atomic mass is 16.6. The van der Waals surface area contributed by atoms with Crippen molar-refractivity contribution in [2.24, 2.45) is 0 Å². The molecule has 1 aromatic rings. The van der Waals surface area contributed by atoms with Crippen LogP contribution in [-0.2, 0) is 0 Å². The molecule has 0 saturated heterocycles. The number of methoxy groups -OCH3 is 2. The van der Waals surface area contributed by atoms with E-state index in [0.29, 0.717) is 0 Å². The lowest BCUT2D eigenvalue weighted by Crippen LogP contribution is -2.05. The van der Waals surface area contributed by atoms with E-state index in [9.17, 15) is 15.2 Å². The van der Waals surface area contributed by atoms with Gasteiger partial charge in [-0.2, -0.15) is 0 Å². The first-order chi connectivity index (χ1) is 8.54. The van der Waals surface area contributed by atoms with Crippen LogP contribution in [0.3, 0.4) is 0 Å². The summed E-state index contributed by atoms with van der Waals surface area (Å²) in [6.45, 7) is -0.271. The number of nitro benzene ring substituents is 1. The molecule has 2 N–H and O–H groups in total. The Labute approximate surface area is 104 Å². The molecular formula is C11H15NO6. The second-order valence-electron chi connectivity index (χ2n) is 3.55. The fourth-order valence-electron chi connectivity index (χ4n) is 1.59. The van der Waals surface area contributed by atoms with Crippen LogP contribution < -0.4 is 9.47 Å². The van der Waals surface area contributed by atoms with E-state index >= 15 is 0 Å². The van der Waals surface area contributed by atoms with Gasteiger partial charge in [-0.05, 0) is 6.07 Å². The molecule has 0 saturated carbocycles. The van der Waals surface area contributed by atoms with Crippen molar-refractivity contribution < 1.29 is 24.6 Å². The summed E-state index contributed by atoms with van der Waals surface area (Å²) in [7, 11) is 2.76. The third-order valence-electron chi connectivity index (χ3n) is 2.49. The van der Waals surface area contributed by atoms with Gasteiger partial charge in [0, 0.05) is 13.0 Å². The van der Waals surface area contributed by atoms with Crippen LogP contribution in [-0.4, -0.2) is 36.0 Å². The van der Waals surface area contributed by atoms with E-state index in [4.69, 9.17) is 14.6 Å². The standard InChI is InChI=1S/C11H15NO6/c1-17-10-5-7(9(14)3-4-13)8(12(15)16)6-11(10)18-2/h5-6,9,13-14H,3-4H2,1-2H3/t9-/m0/s1. The molecule has 7 nitrogen and oxygen atoms in total. The number of benzene rings is 1. The van der Waals surface area contributed by atoms with Crippen LogP contribution in [0.1, 0.15) is 18.1 Å². The van der Waals surface area contributed by atoms with Gasteiger partial charge in [0.2, 0.25) is 0 Å². The molecule has 0 spiro atoms.